The Morgan fingerprint density at radius 2 is 1.55 bits per heavy atom. The normalized spacial score (nSPS) is 22.0. The van der Waals surface area contributed by atoms with Crippen molar-refractivity contribution in [2.75, 3.05) is 55.6 Å². The third-order valence-electron chi connectivity index (χ3n) is 8.12. The van der Waals surface area contributed by atoms with Crippen LogP contribution in [-0.2, 0) is 16.1 Å². The van der Waals surface area contributed by atoms with Crippen LogP contribution in [0.25, 0.3) is 0 Å². The van der Waals surface area contributed by atoms with Gasteiger partial charge in [0.25, 0.3) is 5.91 Å². The fraction of sp³-hybridized carbons (Fsp3) is 0.500. The van der Waals surface area contributed by atoms with Gasteiger partial charge in [-0.15, -0.1) is 0 Å². The maximum absolute atomic E-state index is 13.0. The smallest absolute Gasteiger partial charge is 0.255 e. The number of carbonyl (C=O) groups is 3. The van der Waals surface area contributed by atoms with E-state index in [4.69, 9.17) is 0 Å². The summed E-state index contributed by atoms with van der Waals surface area (Å²) in [4.78, 5) is 45.8. The average Bonchev–Trinajstić information content (AvgIpc) is 3.23. The summed E-state index contributed by atoms with van der Waals surface area (Å²) in [6, 6.07) is 14.3. The molecule has 0 aliphatic carbocycles. The molecule has 4 heterocycles. The minimum atomic E-state index is -0.567. The predicted molar refractivity (Wildman–Crippen MR) is 149 cm³/mol. The summed E-state index contributed by atoms with van der Waals surface area (Å²) in [6.45, 7) is 14.0. The standard InChI is InChI=1S/C28H33N5O3.C2H6/c1-19-2-4-22(5-3-19)32-16-20(17-32)15-30-10-12-31(13-11-30)23-6-7-24-21(14-23)18-33(28(24)36)25-8-9-26(34)29-27(25)35;1-2/h2-7,14,20,25H,8-13,15-18H2,1H3,(H,29,34,35);1-2H3. The number of imide groups is 1. The van der Waals surface area contributed by atoms with Crippen molar-refractivity contribution in [3.8, 4) is 0 Å². The van der Waals surface area contributed by atoms with Crippen molar-refractivity contribution in [2.24, 2.45) is 5.92 Å². The van der Waals surface area contributed by atoms with E-state index in [1.807, 2.05) is 26.0 Å². The number of hydrogen-bond donors (Lipinski definition) is 1. The molecule has 0 aromatic heterocycles. The van der Waals surface area contributed by atoms with Crippen molar-refractivity contribution in [1.29, 1.82) is 0 Å². The molecule has 2 aromatic carbocycles. The first-order chi connectivity index (χ1) is 18.4. The van der Waals surface area contributed by atoms with E-state index in [2.05, 4.69) is 57.3 Å². The topological polar surface area (TPSA) is 76.2 Å². The number of carbonyl (C=O) groups excluding carboxylic acids is 3. The van der Waals surface area contributed by atoms with Crippen LogP contribution in [0, 0.1) is 12.8 Å². The first-order valence-corrected chi connectivity index (χ1v) is 14.0. The molecular formula is C30H39N5O3. The summed E-state index contributed by atoms with van der Waals surface area (Å²) < 4.78 is 0. The number of nitrogens with zero attached hydrogens (tertiary/aromatic N) is 4. The molecule has 1 N–H and O–H groups in total. The molecule has 0 saturated carbocycles. The van der Waals surface area contributed by atoms with Crippen molar-refractivity contribution in [3.05, 3.63) is 59.2 Å². The molecule has 6 rings (SSSR count). The average molecular weight is 518 g/mol. The molecule has 4 aliphatic heterocycles. The van der Waals surface area contributed by atoms with Gasteiger partial charge in [-0.1, -0.05) is 31.5 Å². The van der Waals surface area contributed by atoms with Crippen molar-refractivity contribution >= 4 is 29.1 Å². The lowest BCUT2D eigenvalue weighted by Crippen LogP contribution is -2.55. The van der Waals surface area contributed by atoms with E-state index < -0.39 is 6.04 Å². The Morgan fingerprint density at radius 1 is 0.868 bits per heavy atom. The maximum Gasteiger partial charge on any atom is 0.255 e. The molecule has 38 heavy (non-hydrogen) atoms. The van der Waals surface area contributed by atoms with Crippen LogP contribution in [0.1, 0.15) is 48.2 Å². The molecule has 3 fully saturated rings. The largest absolute Gasteiger partial charge is 0.371 e. The highest BCUT2D eigenvalue weighted by Gasteiger charge is 2.39. The highest BCUT2D eigenvalue weighted by atomic mass is 16.2. The number of nitrogens with one attached hydrogen (secondary N) is 1. The van der Waals surface area contributed by atoms with Gasteiger partial charge >= 0.3 is 0 Å². The zero-order valence-corrected chi connectivity index (χ0v) is 22.8. The van der Waals surface area contributed by atoms with Crippen LogP contribution in [0.2, 0.25) is 0 Å². The van der Waals surface area contributed by atoms with Gasteiger partial charge in [0.15, 0.2) is 0 Å². The summed E-state index contributed by atoms with van der Waals surface area (Å²) in [5.41, 5.74) is 5.41. The second kappa shape index (κ2) is 11.2. The summed E-state index contributed by atoms with van der Waals surface area (Å²) in [6.07, 6.45) is 0.667. The molecular weight excluding hydrogens is 478 g/mol. The fourth-order valence-corrected chi connectivity index (χ4v) is 5.96. The third kappa shape index (κ3) is 5.27. The Labute approximate surface area is 225 Å². The lowest BCUT2D eigenvalue weighted by atomic mass is 9.98. The Balaban J connectivity index is 0.00000144. The second-order valence-corrected chi connectivity index (χ2v) is 10.6. The van der Waals surface area contributed by atoms with Crippen LogP contribution in [0.15, 0.2) is 42.5 Å². The van der Waals surface area contributed by atoms with Gasteiger partial charge < -0.3 is 14.7 Å². The number of rotatable bonds is 5. The number of piperidine rings is 1. The van der Waals surface area contributed by atoms with Crippen molar-refractivity contribution in [2.45, 2.75) is 46.2 Å². The van der Waals surface area contributed by atoms with E-state index in [0.717, 1.165) is 63.0 Å². The molecule has 0 radical (unpaired) electrons. The zero-order valence-electron chi connectivity index (χ0n) is 22.8. The molecule has 8 heteroatoms. The summed E-state index contributed by atoms with van der Waals surface area (Å²) in [7, 11) is 0. The molecule has 3 saturated heterocycles. The van der Waals surface area contributed by atoms with Gasteiger partial charge in [-0.25, -0.2) is 0 Å². The van der Waals surface area contributed by atoms with E-state index >= 15 is 0 Å². The molecule has 1 atom stereocenters. The minimum Gasteiger partial charge on any atom is -0.371 e. The third-order valence-corrected chi connectivity index (χ3v) is 8.12. The lowest BCUT2D eigenvalue weighted by Gasteiger charge is -2.45. The molecule has 202 valence electrons. The number of fused-ring (bicyclic) bond motifs is 1. The Morgan fingerprint density at radius 3 is 2.24 bits per heavy atom. The molecule has 3 amide bonds. The molecule has 1 unspecified atom stereocenters. The Kier molecular flexibility index (Phi) is 7.70. The predicted octanol–water partition coefficient (Wildman–Crippen LogP) is 3.04. The Hall–Kier alpha value is -3.39. The van der Waals surface area contributed by atoms with Crippen LogP contribution >= 0.6 is 0 Å². The van der Waals surface area contributed by atoms with Gasteiger partial charge in [-0.05, 0) is 49.2 Å². The van der Waals surface area contributed by atoms with E-state index in [0.29, 0.717) is 18.5 Å². The first kappa shape index (κ1) is 26.2. The second-order valence-electron chi connectivity index (χ2n) is 10.6. The zero-order chi connectivity index (χ0) is 26.8. The number of hydrogen-bond acceptors (Lipinski definition) is 6. The number of piperazine rings is 1. The van der Waals surface area contributed by atoms with E-state index in [9.17, 15) is 14.4 Å². The number of aryl methyl sites for hydroxylation is 1. The summed E-state index contributed by atoms with van der Waals surface area (Å²) in [5.74, 6) is -0.0156. The van der Waals surface area contributed by atoms with Crippen LogP contribution in [0.3, 0.4) is 0 Å². The monoisotopic (exact) mass is 517 g/mol. The van der Waals surface area contributed by atoms with E-state index in [1.54, 1.807) is 4.90 Å². The highest BCUT2D eigenvalue weighted by Crippen LogP contribution is 2.31. The van der Waals surface area contributed by atoms with Gasteiger partial charge in [0.2, 0.25) is 11.8 Å². The molecule has 2 aromatic rings. The van der Waals surface area contributed by atoms with E-state index in [1.165, 1.54) is 11.3 Å². The van der Waals surface area contributed by atoms with Crippen molar-refractivity contribution in [3.63, 3.8) is 0 Å². The van der Waals surface area contributed by atoms with Gasteiger partial charge in [0, 0.05) is 81.6 Å². The maximum atomic E-state index is 13.0. The quantitative estimate of drug-likeness (QED) is 0.615. The number of amides is 3. The Bertz CT molecular complexity index is 1180. The van der Waals surface area contributed by atoms with Crippen LogP contribution in [0.5, 0.6) is 0 Å². The van der Waals surface area contributed by atoms with Crippen molar-refractivity contribution in [1.82, 2.24) is 15.1 Å². The van der Waals surface area contributed by atoms with Gasteiger partial charge in [-0.3, -0.25) is 24.6 Å². The lowest BCUT2D eigenvalue weighted by molar-refractivity contribution is -0.136. The van der Waals surface area contributed by atoms with Gasteiger partial charge in [0.05, 0.1) is 0 Å². The van der Waals surface area contributed by atoms with Crippen LogP contribution in [-0.4, -0.2) is 79.4 Å². The van der Waals surface area contributed by atoms with Gasteiger partial charge in [-0.2, -0.15) is 0 Å². The van der Waals surface area contributed by atoms with Crippen LogP contribution < -0.4 is 15.1 Å². The first-order valence-electron chi connectivity index (χ1n) is 14.0. The minimum absolute atomic E-state index is 0.115. The van der Waals surface area contributed by atoms with E-state index in [-0.39, 0.29) is 24.1 Å². The van der Waals surface area contributed by atoms with Gasteiger partial charge in [0.1, 0.15) is 6.04 Å². The molecule has 8 nitrogen and oxygen atoms in total. The van der Waals surface area contributed by atoms with Crippen LogP contribution in [0.4, 0.5) is 11.4 Å². The number of benzene rings is 2. The van der Waals surface area contributed by atoms with Crippen molar-refractivity contribution < 1.29 is 14.4 Å². The molecule has 4 aliphatic rings. The number of anilines is 2. The summed E-state index contributed by atoms with van der Waals surface area (Å²) >= 11 is 0. The SMILES string of the molecule is CC.Cc1ccc(N2CC(CN3CCN(c4ccc5c(c4)CN(C4CCC(=O)NC4=O)C5=O)CC3)C2)cc1. The fourth-order valence-electron chi connectivity index (χ4n) is 5.96. The summed E-state index contributed by atoms with van der Waals surface area (Å²) in [5, 5.41) is 2.37. The molecule has 0 bridgehead atoms. The molecule has 0 spiro atoms. The highest BCUT2D eigenvalue weighted by molar-refractivity contribution is 6.05.